The Morgan fingerprint density at radius 2 is 2.09 bits per heavy atom. The molecule has 0 aliphatic carbocycles. The quantitative estimate of drug-likeness (QED) is 0.918. The van der Waals surface area contributed by atoms with Crippen molar-refractivity contribution in [2.45, 2.75) is 25.4 Å². The topological polar surface area (TPSA) is 41.6 Å². The molecule has 0 spiro atoms. The third kappa shape index (κ3) is 4.38. The highest BCUT2D eigenvalue weighted by Gasteiger charge is 2.25. The Morgan fingerprint density at radius 3 is 2.64 bits per heavy atom. The second-order valence-corrected chi connectivity index (χ2v) is 5.25. The van der Waals surface area contributed by atoms with E-state index in [2.05, 4.69) is 5.32 Å². The first-order valence-corrected chi connectivity index (χ1v) is 7.01. The van der Waals surface area contributed by atoms with Crippen LogP contribution < -0.4 is 5.32 Å². The van der Waals surface area contributed by atoms with Crippen LogP contribution in [0.5, 0.6) is 0 Å². The number of halogens is 3. The molecule has 1 N–H and O–H groups in total. The van der Waals surface area contributed by atoms with Crippen molar-refractivity contribution in [3.63, 3.8) is 0 Å². The zero-order valence-electron chi connectivity index (χ0n) is 12.6. The Kier molecular flexibility index (Phi) is 7.19. The summed E-state index contributed by atoms with van der Waals surface area (Å²) in [6, 6.07) is 2.99. The Balaban J connectivity index is 0.00000242. The highest BCUT2D eigenvalue weighted by molar-refractivity contribution is 5.85. The molecule has 124 valence electrons. The molecule has 0 aromatic heterocycles. The van der Waals surface area contributed by atoms with Crippen LogP contribution in [0.4, 0.5) is 8.78 Å². The fourth-order valence-corrected chi connectivity index (χ4v) is 2.43. The van der Waals surface area contributed by atoms with Gasteiger partial charge in [-0.25, -0.2) is 8.78 Å². The van der Waals surface area contributed by atoms with Crippen LogP contribution in [0.1, 0.15) is 24.9 Å². The predicted octanol–water partition coefficient (Wildman–Crippen LogP) is 2.28. The Morgan fingerprint density at radius 1 is 1.45 bits per heavy atom. The highest BCUT2D eigenvalue weighted by atomic mass is 35.5. The average molecular weight is 335 g/mol. The van der Waals surface area contributed by atoms with Crippen LogP contribution in [0.25, 0.3) is 0 Å². The number of rotatable bonds is 4. The van der Waals surface area contributed by atoms with Gasteiger partial charge in [0.2, 0.25) is 5.91 Å². The van der Waals surface area contributed by atoms with Gasteiger partial charge in [-0.2, -0.15) is 0 Å². The number of benzene rings is 1. The number of ether oxygens (including phenoxy) is 1. The molecule has 0 bridgehead atoms. The van der Waals surface area contributed by atoms with Crippen LogP contribution >= 0.6 is 12.4 Å². The van der Waals surface area contributed by atoms with Crippen molar-refractivity contribution in [1.29, 1.82) is 0 Å². The summed E-state index contributed by atoms with van der Waals surface area (Å²) >= 11 is 0. The molecule has 1 aromatic rings. The minimum Gasteiger partial charge on any atom is -0.378 e. The van der Waals surface area contributed by atoms with Gasteiger partial charge in [-0.15, -0.1) is 12.4 Å². The first-order chi connectivity index (χ1) is 10.0. The third-order valence-corrected chi connectivity index (χ3v) is 3.81. The van der Waals surface area contributed by atoms with Crippen LogP contribution in [0, 0.1) is 11.6 Å². The standard InChI is InChI=1S/C15H20F2N2O2.ClH/c1-10(15-12(16)4-3-5-13(15)17)19(2)14(20)8-11-9-21-7-6-18-11;/h3-5,10-11,18H,6-9H2,1-2H3;1H. The molecular weight excluding hydrogens is 314 g/mol. The lowest BCUT2D eigenvalue weighted by Crippen LogP contribution is -2.45. The van der Waals surface area contributed by atoms with E-state index in [1.807, 2.05) is 0 Å². The average Bonchev–Trinajstić information content (AvgIpc) is 2.47. The lowest BCUT2D eigenvalue weighted by Gasteiger charge is -2.29. The number of hydrogen-bond donors (Lipinski definition) is 1. The monoisotopic (exact) mass is 334 g/mol. The van der Waals surface area contributed by atoms with Crippen molar-refractivity contribution >= 4 is 18.3 Å². The van der Waals surface area contributed by atoms with Gasteiger partial charge in [0.15, 0.2) is 0 Å². The molecule has 1 aliphatic heterocycles. The molecule has 4 nitrogen and oxygen atoms in total. The van der Waals surface area contributed by atoms with Crippen LogP contribution in [-0.2, 0) is 9.53 Å². The van der Waals surface area contributed by atoms with Gasteiger partial charge in [0.1, 0.15) is 11.6 Å². The number of nitrogens with zero attached hydrogens (tertiary/aromatic N) is 1. The molecule has 0 radical (unpaired) electrons. The number of carbonyl (C=O) groups is 1. The lowest BCUT2D eigenvalue weighted by molar-refractivity contribution is -0.133. The van der Waals surface area contributed by atoms with Crippen molar-refractivity contribution in [2.24, 2.45) is 0 Å². The molecule has 1 heterocycles. The Labute approximate surface area is 135 Å². The number of hydrogen-bond acceptors (Lipinski definition) is 3. The van der Waals surface area contributed by atoms with E-state index in [0.29, 0.717) is 19.8 Å². The third-order valence-electron chi connectivity index (χ3n) is 3.81. The van der Waals surface area contributed by atoms with E-state index >= 15 is 0 Å². The van der Waals surface area contributed by atoms with Gasteiger partial charge < -0.3 is 15.0 Å². The maximum atomic E-state index is 13.8. The number of nitrogens with one attached hydrogen (secondary N) is 1. The van der Waals surface area contributed by atoms with E-state index in [0.717, 1.165) is 0 Å². The van der Waals surface area contributed by atoms with Gasteiger partial charge in [-0.3, -0.25) is 4.79 Å². The lowest BCUT2D eigenvalue weighted by atomic mass is 10.0. The maximum Gasteiger partial charge on any atom is 0.224 e. The van der Waals surface area contributed by atoms with Gasteiger partial charge in [0, 0.05) is 31.6 Å². The molecule has 1 aliphatic rings. The summed E-state index contributed by atoms with van der Waals surface area (Å²) in [6.45, 7) is 3.43. The van der Waals surface area contributed by atoms with Crippen molar-refractivity contribution in [1.82, 2.24) is 10.2 Å². The summed E-state index contributed by atoms with van der Waals surface area (Å²) in [5, 5.41) is 3.19. The zero-order chi connectivity index (χ0) is 15.4. The first-order valence-electron chi connectivity index (χ1n) is 7.01. The molecular formula is C15H21ClF2N2O2. The second kappa shape index (κ2) is 8.41. The Bertz CT molecular complexity index is 490. The number of amides is 1. The van der Waals surface area contributed by atoms with Crippen molar-refractivity contribution in [3.8, 4) is 0 Å². The molecule has 2 rings (SSSR count). The summed E-state index contributed by atoms with van der Waals surface area (Å²) < 4.78 is 32.8. The fourth-order valence-electron chi connectivity index (χ4n) is 2.43. The predicted molar refractivity (Wildman–Crippen MR) is 82.0 cm³/mol. The van der Waals surface area contributed by atoms with Gasteiger partial charge >= 0.3 is 0 Å². The largest absolute Gasteiger partial charge is 0.378 e. The van der Waals surface area contributed by atoms with Crippen LogP contribution in [0.2, 0.25) is 0 Å². The molecule has 1 saturated heterocycles. The molecule has 2 atom stereocenters. The molecule has 1 amide bonds. The summed E-state index contributed by atoms with van der Waals surface area (Å²) in [4.78, 5) is 13.6. The smallest absolute Gasteiger partial charge is 0.224 e. The minimum atomic E-state index is -0.664. The van der Waals surface area contributed by atoms with Gasteiger partial charge in [0.25, 0.3) is 0 Å². The highest BCUT2D eigenvalue weighted by Crippen LogP contribution is 2.25. The molecule has 1 aromatic carbocycles. The molecule has 1 fully saturated rings. The summed E-state index contributed by atoms with van der Waals surface area (Å²) in [7, 11) is 1.56. The first kappa shape index (κ1) is 18.8. The summed E-state index contributed by atoms with van der Waals surface area (Å²) in [5.41, 5.74) is -0.0822. The van der Waals surface area contributed by atoms with Gasteiger partial charge in [0.05, 0.1) is 19.3 Å². The SMILES string of the molecule is CC(c1c(F)cccc1F)N(C)C(=O)CC1COCCN1.Cl. The van der Waals surface area contributed by atoms with Crippen molar-refractivity contribution in [2.75, 3.05) is 26.8 Å². The molecule has 2 unspecified atom stereocenters. The summed E-state index contributed by atoms with van der Waals surface area (Å²) in [5.74, 6) is -1.45. The minimum absolute atomic E-state index is 0. The van der Waals surface area contributed by atoms with Gasteiger partial charge in [-0.05, 0) is 19.1 Å². The maximum absolute atomic E-state index is 13.8. The number of carbonyl (C=O) groups excluding carboxylic acids is 1. The number of morpholine rings is 1. The van der Waals surface area contributed by atoms with Crippen LogP contribution in [0.15, 0.2) is 18.2 Å². The fraction of sp³-hybridized carbons (Fsp3) is 0.533. The van der Waals surface area contributed by atoms with E-state index in [9.17, 15) is 13.6 Å². The molecule has 7 heteroatoms. The Hall–Kier alpha value is -1.24. The second-order valence-electron chi connectivity index (χ2n) is 5.25. The van der Waals surface area contributed by atoms with E-state index < -0.39 is 17.7 Å². The van der Waals surface area contributed by atoms with E-state index in [4.69, 9.17) is 4.74 Å². The van der Waals surface area contributed by atoms with Crippen molar-refractivity contribution < 1.29 is 18.3 Å². The van der Waals surface area contributed by atoms with E-state index in [-0.39, 0.29) is 36.3 Å². The molecule has 0 saturated carbocycles. The van der Waals surface area contributed by atoms with E-state index in [1.165, 1.54) is 23.1 Å². The zero-order valence-corrected chi connectivity index (χ0v) is 13.5. The van der Waals surface area contributed by atoms with E-state index in [1.54, 1.807) is 14.0 Å². The summed E-state index contributed by atoms with van der Waals surface area (Å²) in [6.07, 6.45) is 0.247. The molecule has 22 heavy (non-hydrogen) atoms. The normalized spacial score (nSPS) is 19.2. The van der Waals surface area contributed by atoms with Crippen molar-refractivity contribution in [3.05, 3.63) is 35.4 Å². The van der Waals surface area contributed by atoms with Gasteiger partial charge in [-0.1, -0.05) is 6.07 Å². The van der Waals surface area contributed by atoms with Crippen LogP contribution in [-0.4, -0.2) is 43.7 Å². The van der Waals surface area contributed by atoms with Crippen LogP contribution in [0.3, 0.4) is 0 Å².